The second kappa shape index (κ2) is 5.80. The van der Waals surface area contributed by atoms with E-state index in [1.807, 2.05) is 13.8 Å². The molecule has 0 spiro atoms. The molecule has 1 aromatic heterocycles. The van der Waals surface area contributed by atoms with E-state index in [9.17, 15) is 4.79 Å². The Labute approximate surface area is 93.4 Å². The smallest absolute Gasteiger partial charge is 0.306 e. The van der Waals surface area contributed by atoms with Crippen LogP contribution >= 0.6 is 11.8 Å². The van der Waals surface area contributed by atoms with Crippen LogP contribution in [-0.4, -0.2) is 22.8 Å². The van der Waals surface area contributed by atoms with E-state index in [2.05, 4.69) is 4.98 Å². The molecule has 0 fully saturated rings. The number of ether oxygens (including phenoxy) is 1. The van der Waals surface area contributed by atoms with E-state index in [1.54, 1.807) is 13.2 Å². The van der Waals surface area contributed by atoms with Crippen LogP contribution in [0.1, 0.15) is 26.0 Å². The van der Waals surface area contributed by atoms with Crippen molar-refractivity contribution >= 4 is 17.7 Å². The zero-order valence-corrected chi connectivity index (χ0v) is 9.97. The minimum atomic E-state index is -0.180. The number of rotatable bonds is 5. The number of hydrogen-bond donors (Lipinski definition) is 0. The lowest BCUT2D eigenvalue weighted by molar-refractivity contribution is -0.142. The van der Waals surface area contributed by atoms with Crippen LogP contribution in [0.3, 0.4) is 0 Å². The number of hydrogen-bond acceptors (Lipinski definition) is 5. The molecule has 0 saturated heterocycles. The van der Waals surface area contributed by atoms with Crippen LogP contribution < -0.4 is 0 Å². The lowest BCUT2D eigenvalue weighted by Crippen LogP contribution is -2.10. The van der Waals surface area contributed by atoms with E-state index >= 15 is 0 Å². The zero-order chi connectivity index (χ0) is 11.3. The number of carbonyl (C=O) groups is 1. The van der Waals surface area contributed by atoms with Crippen LogP contribution in [0, 0.1) is 6.92 Å². The number of esters is 1. The highest BCUT2D eigenvalue weighted by molar-refractivity contribution is 7.99. The van der Waals surface area contributed by atoms with E-state index in [0.717, 1.165) is 5.69 Å². The van der Waals surface area contributed by atoms with E-state index in [-0.39, 0.29) is 11.2 Å². The van der Waals surface area contributed by atoms with Gasteiger partial charge in [0.15, 0.2) is 0 Å². The third kappa shape index (κ3) is 4.38. The number of oxazole rings is 1. The van der Waals surface area contributed by atoms with Crippen LogP contribution in [0.2, 0.25) is 0 Å². The molecular formula is C10H15NO3S. The van der Waals surface area contributed by atoms with Gasteiger partial charge in [-0.25, -0.2) is 4.98 Å². The van der Waals surface area contributed by atoms with Gasteiger partial charge in [0, 0.05) is 5.25 Å². The SMILES string of the molecule is CCOC(=O)CC(C)Sc1nc(C)co1. The normalized spacial score (nSPS) is 12.5. The first kappa shape index (κ1) is 12.1. The summed E-state index contributed by atoms with van der Waals surface area (Å²) < 4.78 is 10.0. The molecule has 0 N–H and O–H groups in total. The molecule has 84 valence electrons. The molecule has 0 radical (unpaired) electrons. The molecule has 0 bridgehead atoms. The number of nitrogens with zero attached hydrogens (tertiary/aromatic N) is 1. The summed E-state index contributed by atoms with van der Waals surface area (Å²) in [5, 5.41) is 0.714. The first-order valence-electron chi connectivity index (χ1n) is 4.86. The summed E-state index contributed by atoms with van der Waals surface area (Å²) in [4.78, 5) is 15.3. The molecule has 4 nitrogen and oxygen atoms in total. The average Bonchev–Trinajstić information content (AvgIpc) is 2.51. The molecule has 0 amide bonds. The van der Waals surface area contributed by atoms with Gasteiger partial charge in [-0.15, -0.1) is 0 Å². The average molecular weight is 229 g/mol. The van der Waals surface area contributed by atoms with Gasteiger partial charge in [-0.2, -0.15) is 0 Å². The van der Waals surface area contributed by atoms with Crippen LogP contribution in [-0.2, 0) is 9.53 Å². The van der Waals surface area contributed by atoms with Gasteiger partial charge in [-0.3, -0.25) is 4.79 Å². The van der Waals surface area contributed by atoms with Gasteiger partial charge in [-0.05, 0) is 13.8 Å². The number of aromatic nitrogens is 1. The van der Waals surface area contributed by atoms with Crippen LogP contribution in [0.15, 0.2) is 15.9 Å². The lowest BCUT2D eigenvalue weighted by Gasteiger charge is -2.07. The molecule has 1 atom stereocenters. The van der Waals surface area contributed by atoms with Crippen molar-refractivity contribution in [1.29, 1.82) is 0 Å². The van der Waals surface area contributed by atoms with Crippen molar-refractivity contribution in [2.75, 3.05) is 6.61 Å². The molecule has 0 aliphatic rings. The Hall–Kier alpha value is -0.970. The molecule has 0 aliphatic carbocycles. The van der Waals surface area contributed by atoms with Crippen molar-refractivity contribution in [2.45, 2.75) is 37.7 Å². The summed E-state index contributed by atoms with van der Waals surface area (Å²) in [6.45, 7) is 6.03. The minimum Gasteiger partial charge on any atom is -0.466 e. The van der Waals surface area contributed by atoms with Crippen LogP contribution in [0.25, 0.3) is 0 Å². The molecular weight excluding hydrogens is 214 g/mol. The molecule has 1 rings (SSSR count). The highest BCUT2D eigenvalue weighted by atomic mass is 32.2. The fourth-order valence-electron chi connectivity index (χ4n) is 1.05. The molecule has 1 heterocycles. The van der Waals surface area contributed by atoms with Gasteiger partial charge in [0.25, 0.3) is 5.22 Å². The summed E-state index contributed by atoms with van der Waals surface area (Å²) >= 11 is 1.44. The Morgan fingerprint density at radius 2 is 2.47 bits per heavy atom. The Morgan fingerprint density at radius 1 is 1.73 bits per heavy atom. The van der Waals surface area contributed by atoms with E-state index in [4.69, 9.17) is 9.15 Å². The fraction of sp³-hybridized carbons (Fsp3) is 0.600. The van der Waals surface area contributed by atoms with Crippen molar-refractivity contribution < 1.29 is 13.9 Å². The van der Waals surface area contributed by atoms with Gasteiger partial charge in [0.05, 0.1) is 18.7 Å². The van der Waals surface area contributed by atoms with E-state index in [0.29, 0.717) is 18.3 Å². The standard InChI is InChI=1S/C10H15NO3S/c1-4-13-9(12)5-8(3)15-10-11-7(2)6-14-10/h6,8H,4-5H2,1-3H3. The van der Waals surface area contributed by atoms with Crippen LogP contribution in [0.5, 0.6) is 0 Å². The van der Waals surface area contributed by atoms with E-state index in [1.165, 1.54) is 11.8 Å². The van der Waals surface area contributed by atoms with Gasteiger partial charge in [0.2, 0.25) is 0 Å². The Balaban J connectivity index is 2.35. The highest BCUT2D eigenvalue weighted by Gasteiger charge is 2.13. The molecule has 1 aromatic rings. The maximum atomic E-state index is 11.2. The minimum absolute atomic E-state index is 0.113. The fourth-order valence-corrected chi connectivity index (χ4v) is 1.92. The maximum absolute atomic E-state index is 11.2. The second-order valence-corrected chi connectivity index (χ2v) is 4.58. The summed E-state index contributed by atoms with van der Waals surface area (Å²) in [7, 11) is 0. The summed E-state index contributed by atoms with van der Waals surface area (Å²) in [6.07, 6.45) is 1.97. The Kier molecular flexibility index (Phi) is 4.68. The molecule has 0 aromatic carbocycles. The largest absolute Gasteiger partial charge is 0.466 e. The first-order chi connectivity index (χ1) is 7.11. The quantitative estimate of drug-likeness (QED) is 0.573. The van der Waals surface area contributed by atoms with E-state index < -0.39 is 0 Å². The summed E-state index contributed by atoms with van der Waals surface area (Å²) in [5.41, 5.74) is 0.848. The maximum Gasteiger partial charge on any atom is 0.306 e. The van der Waals surface area contributed by atoms with Crippen molar-refractivity contribution in [3.05, 3.63) is 12.0 Å². The zero-order valence-electron chi connectivity index (χ0n) is 9.15. The first-order valence-corrected chi connectivity index (χ1v) is 5.74. The van der Waals surface area contributed by atoms with Crippen molar-refractivity contribution in [3.8, 4) is 0 Å². The topological polar surface area (TPSA) is 52.3 Å². The van der Waals surface area contributed by atoms with Gasteiger partial charge in [0.1, 0.15) is 6.26 Å². The third-order valence-electron chi connectivity index (χ3n) is 1.66. The molecule has 1 unspecified atom stereocenters. The van der Waals surface area contributed by atoms with Crippen molar-refractivity contribution in [1.82, 2.24) is 4.98 Å². The second-order valence-electron chi connectivity index (χ2n) is 3.19. The highest BCUT2D eigenvalue weighted by Crippen LogP contribution is 2.24. The van der Waals surface area contributed by atoms with Gasteiger partial charge < -0.3 is 9.15 Å². The molecule has 0 aliphatic heterocycles. The predicted molar refractivity (Wildman–Crippen MR) is 57.8 cm³/mol. The third-order valence-corrected chi connectivity index (χ3v) is 2.62. The van der Waals surface area contributed by atoms with Gasteiger partial charge in [-0.1, -0.05) is 18.7 Å². The molecule has 15 heavy (non-hydrogen) atoms. The Morgan fingerprint density at radius 3 is 3.00 bits per heavy atom. The molecule has 0 saturated carbocycles. The monoisotopic (exact) mass is 229 g/mol. The van der Waals surface area contributed by atoms with Crippen LogP contribution in [0.4, 0.5) is 0 Å². The number of thioether (sulfide) groups is 1. The Bertz CT molecular complexity index is 324. The summed E-state index contributed by atoms with van der Waals surface area (Å²) in [6, 6.07) is 0. The summed E-state index contributed by atoms with van der Waals surface area (Å²) in [5.74, 6) is -0.180. The number of aryl methyl sites for hydroxylation is 1. The van der Waals surface area contributed by atoms with Crippen molar-refractivity contribution in [3.63, 3.8) is 0 Å². The molecule has 5 heteroatoms. The lowest BCUT2D eigenvalue weighted by atomic mass is 10.3. The van der Waals surface area contributed by atoms with Crippen molar-refractivity contribution in [2.24, 2.45) is 0 Å². The predicted octanol–water partition coefficient (Wildman–Crippen LogP) is 2.42. The number of carbonyl (C=O) groups excluding carboxylic acids is 1. The van der Waals surface area contributed by atoms with Gasteiger partial charge >= 0.3 is 5.97 Å².